The number of para-hydroxylation sites is 2. The van der Waals surface area contributed by atoms with Crippen molar-refractivity contribution in [3.8, 4) is 11.5 Å². The van der Waals surface area contributed by atoms with Crippen molar-refractivity contribution in [1.82, 2.24) is 0 Å². The SMILES string of the molecule is CC(C)OP1(OC(C)C)(OC(C)C)Oc2ccccc2O1. The molecular weight excluding hydrogens is 291 g/mol. The van der Waals surface area contributed by atoms with Crippen molar-refractivity contribution < 1.29 is 22.6 Å². The molecule has 0 bridgehead atoms. The van der Waals surface area contributed by atoms with E-state index in [2.05, 4.69) is 0 Å². The van der Waals surface area contributed by atoms with Crippen LogP contribution in [0.3, 0.4) is 0 Å². The summed E-state index contributed by atoms with van der Waals surface area (Å²) in [6, 6.07) is 7.39. The maximum atomic E-state index is 6.06. The van der Waals surface area contributed by atoms with Gasteiger partial charge in [-0.05, 0) is 0 Å². The molecule has 0 saturated heterocycles. The first-order valence-corrected chi connectivity index (χ1v) is 9.15. The number of benzene rings is 1. The van der Waals surface area contributed by atoms with Crippen molar-refractivity contribution in [3.05, 3.63) is 24.3 Å². The zero-order chi connectivity index (χ0) is 15.7. The third-order valence-corrected chi connectivity index (χ3v) is 5.78. The van der Waals surface area contributed by atoms with Crippen LogP contribution in [0.5, 0.6) is 11.5 Å². The molecule has 1 aromatic rings. The molecule has 0 aromatic heterocycles. The summed E-state index contributed by atoms with van der Waals surface area (Å²) < 4.78 is 30.2. The molecule has 1 aromatic carbocycles. The molecule has 0 amide bonds. The Balaban J connectivity index is 2.48. The monoisotopic (exact) mass is 316 g/mol. The molecule has 120 valence electrons. The van der Waals surface area contributed by atoms with Gasteiger partial charge in [0, 0.05) is 0 Å². The van der Waals surface area contributed by atoms with E-state index in [0.717, 1.165) is 0 Å². The average Bonchev–Trinajstić information content (AvgIpc) is 2.58. The van der Waals surface area contributed by atoms with Crippen LogP contribution >= 0.6 is 7.74 Å². The Morgan fingerprint density at radius 3 is 1.33 bits per heavy atom. The van der Waals surface area contributed by atoms with Crippen LogP contribution < -0.4 is 9.05 Å². The summed E-state index contributed by atoms with van der Waals surface area (Å²) in [6.07, 6.45) is -0.515. The molecule has 0 N–H and O–H groups in total. The van der Waals surface area contributed by atoms with E-state index in [0.29, 0.717) is 11.5 Å². The van der Waals surface area contributed by atoms with Gasteiger partial charge in [0.05, 0.1) is 0 Å². The van der Waals surface area contributed by atoms with Crippen LogP contribution in [0.2, 0.25) is 0 Å². The van der Waals surface area contributed by atoms with E-state index in [1.54, 1.807) is 0 Å². The zero-order valence-electron chi connectivity index (χ0n) is 13.5. The van der Waals surface area contributed by atoms with Crippen molar-refractivity contribution >= 4 is 7.74 Å². The third kappa shape index (κ3) is 3.49. The van der Waals surface area contributed by atoms with Gasteiger partial charge < -0.3 is 0 Å². The Bertz CT molecular complexity index is 442. The summed E-state index contributed by atoms with van der Waals surface area (Å²) in [5.41, 5.74) is 0. The van der Waals surface area contributed by atoms with Crippen LogP contribution in [0.4, 0.5) is 0 Å². The summed E-state index contributed by atoms with van der Waals surface area (Å²) in [7, 11) is -4.17. The van der Waals surface area contributed by atoms with Gasteiger partial charge >= 0.3 is 126 Å². The Morgan fingerprint density at radius 1 is 0.714 bits per heavy atom. The Morgan fingerprint density at radius 2 is 1.05 bits per heavy atom. The van der Waals surface area contributed by atoms with E-state index in [1.807, 2.05) is 65.8 Å². The van der Waals surface area contributed by atoms with Gasteiger partial charge in [-0.2, -0.15) is 0 Å². The summed E-state index contributed by atoms with van der Waals surface area (Å²) in [5.74, 6) is 1.16. The van der Waals surface area contributed by atoms with Crippen molar-refractivity contribution in [1.29, 1.82) is 0 Å². The minimum atomic E-state index is -4.17. The van der Waals surface area contributed by atoms with Crippen molar-refractivity contribution in [2.75, 3.05) is 0 Å². The molecule has 0 saturated carbocycles. The van der Waals surface area contributed by atoms with E-state index in [-0.39, 0.29) is 18.3 Å². The second-order valence-electron chi connectivity index (χ2n) is 5.84. The van der Waals surface area contributed by atoms with E-state index in [9.17, 15) is 0 Å². The summed E-state index contributed by atoms with van der Waals surface area (Å²) in [5, 5.41) is 0. The molecule has 0 atom stereocenters. The van der Waals surface area contributed by atoms with Gasteiger partial charge in [0.1, 0.15) is 0 Å². The molecule has 0 unspecified atom stereocenters. The van der Waals surface area contributed by atoms with Crippen molar-refractivity contribution in [3.63, 3.8) is 0 Å². The van der Waals surface area contributed by atoms with E-state index in [4.69, 9.17) is 22.6 Å². The quantitative estimate of drug-likeness (QED) is 0.701. The minimum absolute atomic E-state index is 0.172. The topological polar surface area (TPSA) is 46.2 Å². The molecule has 1 aliphatic rings. The fourth-order valence-corrected chi connectivity index (χ4v) is 5.63. The average molecular weight is 316 g/mol. The number of rotatable bonds is 6. The van der Waals surface area contributed by atoms with E-state index >= 15 is 0 Å². The third-order valence-electron chi connectivity index (χ3n) is 2.49. The molecule has 21 heavy (non-hydrogen) atoms. The van der Waals surface area contributed by atoms with Gasteiger partial charge in [-0.3, -0.25) is 0 Å². The Kier molecular flexibility index (Phi) is 4.50. The van der Waals surface area contributed by atoms with Crippen LogP contribution in [-0.4, -0.2) is 18.3 Å². The summed E-state index contributed by atoms with van der Waals surface area (Å²) in [4.78, 5) is 0. The fraction of sp³-hybridized carbons (Fsp3) is 0.600. The molecule has 6 heteroatoms. The molecule has 0 fully saturated rings. The van der Waals surface area contributed by atoms with E-state index < -0.39 is 7.74 Å². The number of hydrogen-bond acceptors (Lipinski definition) is 5. The Labute approximate surface area is 126 Å². The summed E-state index contributed by atoms with van der Waals surface area (Å²) >= 11 is 0. The van der Waals surface area contributed by atoms with Crippen LogP contribution in [0, 0.1) is 0 Å². The number of hydrogen-bond donors (Lipinski definition) is 0. The maximum absolute atomic E-state index is 6.06. The van der Waals surface area contributed by atoms with Gasteiger partial charge in [-0.25, -0.2) is 0 Å². The predicted octanol–water partition coefficient (Wildman–Crippen LogP) is 4.86. The van der Waals surface area contributed by atoms with Crippen LogP contribution in [-0.2, 0) is 13.6 Å². The number of fused-ring (bicyclic) bond motifs is 1. The molecule has 0 aliphatic carbocycles. The first-order chi connectivity index (χ1) is 9.74. The fourth-order valence-electron chi connectivity index (χ4n) is 2.18. The van der Waals surface area contributed by atoms with Gasteiger partial charge in [-0.15, -0.1) is 0 Å². The van der Waals surface area contributed by atoms with Gasteiger partial charge in [0.2, 0.25) is 0 Å². The molecule has 0 spiro atoms. The molecule has 1 aliphatic heterocycles. The zero-order valence-corrected chi connectivity index (χ0v) is 14.4. The van der Waals surface area contributed by atoms with Gasteiger partial charge in [0.25, 0.3) is 0 Å². The second kappa shape index (κ2) is 5.73. The van der Waals surface area contributed by atoms with Crippen LogP contribution in [0.25, 0.3) is 0 Å². The first-order valence-electron chi connectivity index (χ1n) is 7.32. The first kappa shape index (κ1) is 16.5. The van der Waals surface area contributed by atoms with Crippen molar-refractivity contribution in [2.24, 2.45) is 0 Å². The molecular formula is C15H25O5P. The molecule has 2 rings (SSSR count). The predicted molar refractivity (Wildman–Crippen MR) is 83.3 cm³/mol. The molecule has 0 radical (unpaired) electrons. The van der Waals surface area contributed by atoms with Crippen LogP contribution in [0.15, 0.2) is 24.3 Å². The Hall–Kier alpha value is -0.870. The molecule has 5 nitrogen and oxygen atoms in total. The summed E-state index contributed by atoms with van der Waals surface area (Å²) in [6.45, 7) is 11.4. The molecule has 1 heterocycles. The van der Waals surface area contributed by atoms with Crippen molar-refractivity contribution in [2.45, 2.75) is 59.9 Å². The normalized spacial score (nSPS) is 20.7. The van der Waals surface area contributed by atoms with E-state index in [1.165, 1.54) is 0 Å². The van der Waals surface area contributed by atoms with Crippen LogP contribution in [0.1, 0.15) is 41.5 Å². The standard InChI is InChI=1S/C15H25O5P/c1-11(2)16-21(17-12(3)4,18-13(5)6)19-14-9-7-8-10-15(14)20-21/h7-13H,1-6H3. The second-order valence-corrected chi connectivity index (χ2v) is 8.33. The van der Waals surface area contributed by atoms with Gasteiger partial charge in [0.15, 0.2) is 0 Å². The van der Waals surface area contributed by atoms with Gasteiger partial charge in [-0.1, -0.05) is 0 Å².